The lowest BCUT2D eigenvalue weighted by atomic mass is 10.1. The van der Waals surface area contributed by atoms with Crippen LogP contribution in [0.1, 0.15) is 22.3 Å². The molecule has 0 bridgehead atoms. The summed E-state index contributed by atoms with van der Waals surface area (Å²) in [4.78, 5) is 18.5. The van der Waals surface area contributed by atoms with Gasteiger partial charge in [0.1, 0.15) is 5.82 Å². The quantitative estimate of drug-likeness (QED) is 0.937. The van der Waals surface area contributed by atoms with Crippen molar-refractivity contribution in [1.82, 2.24) is 10.3 Å². The topological polar surface area (TPSA) is 45.2 Å². The number of alkyl halides is 3. The first-order chi connectivity index (χ1) is 11.4. The van der Waals surface area contributed by atoms with E-state index in [1.807, 2.05) is 23.1 Å². The summed E-state index contributed by atoms with van der Waals surface area (Å²) in [6, 6.07) is 9.94. The fourth-order valence-corrected chi connectivity index (χ4v) is 2.73. The van der Waals surface area contributed by atoms with Crippen molar-refractivity contribution in [1.29, 1.82) is 0 Å². The minimum absolute atomic E-state index is 0.0149. The molecule has 1 amide bonds. The maximum atomic E-state index is 12.7. The van der Waals surface area contributed by atoms with Crippen LogP contribution >= 0.6 is 0 Å². The maximum Gasteiger partial charge on any atom is 0.416 e. The summed E-state index contributed by atoms with van der Waals surface area (Å²) < 4.78 is 38.2. The molecule has 2 heterocycles. The van der Waals surface area contributed by atoms with Crippen LogP contribution in [0.25, 0.3) is 0 Å². The molecule has 1 aliphatic heterocycles. The Bertz CT molecular complexity index is 719. The first kappa shape index (κ1) is 16.3. The Morgan fingerprint density at radius 1 is 1.21 bits per heavy atom. The molecular formula is C17H16F3N3O. The lowest BCUT2D eigenvalue weighted by molar-refractivity contribution is -0.137. The second-order valence-electron chi connectivity index (χ2n) is 5.67. The number of amides is 1. The van der Waals surface area contributed by atoms with Crippen molar-refractivity contribution < 1.29 is 18.0 Å². The Morgan fingerprint density at radius 3 is 2.75 bits per heavy atom. The molecule has 1 aromatic heterocycles. The predicted molar refractivity (Wildman–Crippen MR) is 83.8 cm³/mol. The molecule has 3 rings (SSSR count). The number of nitrogens with zero attached hydrogens (tertiary/aromatic N) is 2. The van der Waals surface area contributed by atoms with Crippen LogP contribution in [0.3, 0.4) is 0 Å². The zero-order valence-electron chi connectivity index (χ0n) is 12.8. The monoisotopic (exact) mass is 335 g/mol. The Labute approximate surface area is 137 Å². The number of anilines is 1. The summed E-state index contributed by atoms with van der Waals surface area (Å²) in [5.74, 6) is 0.335. The number of hydrogen-bond acceptors (Lipinski definition) is 3. The van der Waals surface area contributed by atoms with Gasteiger partial charge in [0.15, 0.2) is 0 Å². The highest BCUT2D eigenvalue weighted by molar-refractivity contribution is 5.94. The van der Waals surface area contributed by atoms with E-state index in [4.69, 9.17) is 0 Å². The van der Waals surface area contributed by atoms with Gasteiger partial charge in [-0.2, -0.15) is 13.2 Å². The number of rotatable bonds is 3. The number of carbonyl (C=O) groups excluding carboxylic acids is 1. The van der Waals surface area contributed by atoms with Crippen LogP contribution in [0, 0.1) is 0 Å². The third kappa shape index (κ3) is 3.67. The summed E-state index contributed by atoms with van der Waals surface area (Å²) in [5, 5.41) is 2.80. The second kappa shape index (κ2) is 6.51. The minimum Gasteiger partial charge on any atom is -0.354 e. The molecule has 0 radical (unpaired) electrons. The number of pyridine rings is 1. The molecule has 1 aromatic carbocycles. The highest BCUT2D eigenvalue weighted by Crippen LogP contribution is 2.29. The fourth-order valence-electron chi connectivity index (χ4n) is 2.73. The van der Waals surface area contributed by atoms with E-state index >= 15 is 0 Å². The first-order valence-corrected chi connectivity index (χ1v) is 7.57. The summed E-state index contributed by atoms with van der Waals surface area (Å²) in [5.41, 5.74) is -0.808. The van der Waals surface area contributed by atoms with E-state index in [0.29, 0.717) is 6.54 Å². The molecular weight excluding hydrogens is 319 g/mol. The normalized spacial score (nSPS) is 17.8. The molecule has 2 aromatic rings. The third-order valence-electron chi connectivity index (χ3n) is 3.95. The Kier molecular flexibility index (Phi) is 4.42. The summed E-state index contributed by atoms with van der Waals surface area (Å²) >= 11 is 0. The molecule has 7 heteroatoms. The van der Waals surface area contributed by atoms with Crippen LogP contribution < -0.4 is 10.2 Å². The van der Waals surface area contributed by atoms with Crippen LogP contribution in [0.15, 0.2) is 48.7 Å². The molecule has 126 valence electrons. The van der Waals surface area contributed by atoms with Crippen molar-refractivity contribution >= 4 is 11.7 Å². The summed E-state index contributed by atoms with van der Waals surface area (Å²) in [6.07, 6.45) is -2.04. The van der Waals surface area contributed by atoms with Gasteiger partial charge >= 0.3 is 6.18 Å². The minimum atomic E-state index is -4.46. The van der Waals surface area contributed by atoms with Gasteiger partial charge < -0.3 is 10.2 Å². The molecule has 1 aliphatic rings. The number of hydrogen-bond donors (Lipinski definition) is 1. The Morgan fingerprint density at radius 2 is 2.04 bits per heavy atom. The zero-order chi connectivity index (χ0) is 17.2. The number of halogens is 3. The highest BCUT2D eigenvalue weighted by atomic mass is 19.4. The van der Waals surface area contributed by atoms with Crippen molar-refractivity contribution in [2.75, 3.05) is 18.0 Å². The van der Waals surface area contributed by atoms with Crippen LogP contribution in [-0.4, -0.2) is 30.0 Å². The average molecular weight is 335 g/mol. The van der Waals surface area contributed by atoms with Crippen LogP contribution in [-0.2, 0) is 6.18 Å². The molecule has 1 fully saturated rings. The van der Waals surface area contributed by atoms with Gasteiger partial charge in [0.05, 0.1) is 5.56 Å². The summed E-state index contributed by atoms with van der Waals surface area (Å²) in [6.45, 7) is 1.33. The standard InChI is InChI=1S/C17H16F3N3O/c18-17(19,20)13-5-3-4-12(10-13)16(24)22-14-7-9-23(11-14)15-6-1-2-8-21-15/h1-6,8,10,14H,7,9,11H2,(H,22,24). The number of aromatic nitrogens is 1. The Balaban J connectivity index is 1.64. The number of nitrogens with one attached hydrogen (secondary N) is 1. The Hall–Kier alpha value is -2.57. The second-order valence-corrected chi connectivity index (χ2v) is 5.67. The molecule has 0 aliphatic carbocycles. The molecule has 24 heavy (non-hydrogen) atoms. The van der Waals surface area contributed by atoms with E-state index < -0.39 is 17.6 Å². The van der Waals surface area contributed by atoms with Crippen LogP contribution in [0.4, 0.5) is 19.0 Å². The SMILES string of the molecule is O=C(NC1CCN(c2ccccn2)C1)c1cccc(C(F)(F)F)c1. The van der Waals surface area contributed by atoms with Gasteiger partial charge in [-0.1, -0.05) is 12.1 Å². The molecule has 1 saturated heterocycles. The van der Waals surface area contributed by atoms with Gasteiger partial charge in [0.25, 0.3) is 5.91 Å². The van der Waals surface area contributed by atoms with Crippen LogP contribution in [0.2, 0.25) is 0 Å². The number of benzene rings is 1. The lowest BCUT2D eigenvalue weighted by Gasteiger charge is -2.18. The zero-order valence-corrected chi connectivity index (χ0v) is 12.8. The molecule has 1 N–H and O–H groups in total. The molecule has 0 saturated carbocycles. The largest absolute Gasteiger partial charge is 0.416 e. The van der Waals surface area contributed by atoms with Crippen molar-refractivity contribution in [3.8, 4) is 0 Å². The average Bonchev–Trinajstić information content (AvgIpc) is 3.03. The smallest absolute Gasteiger partial charge is 0.354 e. The molecule has 4 nitrogen and oxygen atoms in total. The van der Waals surface area contributed by atoms with Crippen molar-refractivity contribution in [3.63, 3.8) is 0 Å². The lowest BCUT2D eigenvalue weighted by Crippen LogP contribution is -2.37. The van der Waals surface area contributed by atoms with Gasteiger partial charge in [0.2, 0.25) is 0 Å². The van der Waals surface area contributed by atoms with Crippen LogP contribution in [0.5, 0.6) is 0 Å². The van der Waals surface area contributed by atoms with E-state index in [-0.39, 0.29) is 11.6 Å². The van der Waals surface area contributed by atoms with E-state index in [2.05, 4.69) is 10.3 Å². The van der Waals surface area contributed by atoms with Gasteiger partial charge in [-0.3, -0.25) is 4.79 Å². The van der Waals surface area contributed by atoms with Gasteiger partial charge in [-0.25, -0.2) is 4.98 Å². The fraction of sp³-hybridized carbons (Fsp3) is 0.294. The summed E-state index contributed by atoms with van der Waals surface area (Å²) in [7, 11) is 0. The number of carbonyl (C=O) groups is 1. The maximum absolute atomic E-state index is 12.7. The highest BCUT2D eigenvalue weighted by Gasteiger charge is 2.31. The molecule has 0 spiro atoms. The molecule has 1 unspecified atom stereocenters. The van der Waals surface area contributed by atoms with Crippen molar-refractivity contribution in [3.05, 3.63) is 59.8 Å². The van der Waals surface area contributed by atoms with Crippen molar-refractivity contribution in [2.24, 2.45) is 0 Å². The third-order valence-corrected chi connectivity index (χ3v) is 3.95. The van der Waals surface area contributed by atoms with E-state index in [9.17, 15) is 18.0 Å². The van der Waals surface area contributed by atoms with Gasteiger partial charge in [-0.15, -0.1) is 0 Å². The van der Waals surface area contributed by atoms with Gasteiger partial charge in [-0.05, 0) is 36.8 Å². The van der Waals surface area contributed by atoms with Crippen molar-refractivity contribution in [2.45, 2.75) is 18.6 Å². The predicted octanol–water partition coefficient (Wildman–Crippen LogP) is 3.11. The van der Waals surface area contributed by atoms with E-state index in [1.165, 1.54) is 12.1 Å². The van der Waals surface area contributed by atoms with E-state index in [1.54, 1.807) is 6.20 Å². The molecule has 1 atom stereocenters. The van der Waals surface area contributed by atoms with E-state index in [0.717, 1.165) is 30.9 Å². The first-order valence-electron chi connectivity index (χ1n) is 7.57. The van der Waals surface area contributed by atoms with Gasteiger partial charge in [0, 0.05) is 30.9 Å².